The summed E-state index contributed by atoms with van der Waals surface area (Å²) < 4.78 is 0. The summed E-state index contributed by atoms with van der Waals surface area (Å²) in [6.07, 6.45) is 11.0. The van der Waals surface area contributed by atoms with Crippen molar-refractivity contribution in [1.29, 1.82) is 0 Å². The van der Waals surface area contributed by atoms with Crippen LogP contribution in [0.2, 0.25) is 0 Å². The fourth-order valence-corrected chi connectivity index (χ4v) is 3.33. The lowest BCUT2D eigenvalue weighted by molar-refractivity contribution is -0.128. The Bertz CT molecular complexity index is 285. The monoisotopic (exact) mass is 312 g/mol. The standard InChI is InChI=1S/C19H40N2O/c1-6-10-13-17(14-11-7-2)19(18(20)22,15-12-8-3)21-16(5)9-4/h16-17,21H,6-15H2,1-5H3,(H2,20,22). The number of carbonyl (C=O) groups is 1. The molecular weight excluding hydrogens is 272 g/mol. The Labute approximate surface area is 138 Å². The van der Waals surface area contributed by atoms with Crippen LogP contribution < -0.4 is 11.1 Å². The Hall–Kier alpha value is -0.570. The van der Waals surface area contributed by atoms with Gasteiger partial charge in [0.2, 0.25) is 5.91 Å². The van der Waals surface area contributed by atoms with Crippen LogP contribution in [-0.4, -0.2) is 17.5 Å². The van der Waals surface area contributed by atoms with Gasteiger partial charge in [-0.1, -0.05) is 66.2 Å². The fraction of sp³-hybridized carbons (Fsp3) is 0.947. The smallest absolute Gasteiger partial charge is 0.238 e. The van der Waals surface area contributed by atoms with Crippen molar-refractivity contribution < 1.29 is 4.79 Å². The Morgan fingerprint density at radius 1 is 1.00 bits per heavy atom. The fourth-order valence-electron chi connectivity index (χ4n) is 3.33. The number of carbonyl (C=O) groups excluding carboxylic acids is 1. The highest BCUT2D eigenvalue weighted by atomic mass is 16.1. The van der Waals surface area contributed by atoms with Crippen molar-refractivity contribution in [2.24, 2.45) is 11.7 Å². The minimum absolute atomic E-state index is 0.140. The van der Waals surface area contributed by atoms with Gasteiger partial charge in [-0.25, -0.2) is 0 Å². The third-order valence-electron chi connectivity index (χ3n) is 4.99. The van der Waals surface area contributed by atoms with Crippen LogP contribution in [-0.2, 0) is 4.79 Å². The highest BCUT2D eigenvalue weighted by Crippen LogP contribution is 2.33. The second-order valence-electron chi connectivity index (χ2n) is 6.87. The summed E-state index contributed by atoms with van der Waals surface area (Å²) in [5, 5.41) is 3.66. The van der Waals surface area contributed by atoms with Crippen LogP contribution in [0, 0.1) is 5.92 Å². The molecule has 132 valence electrons. The van der Waals surface area contributed by atoms with Crippen molar-refractivity contribution in [3.05, 3.63) is 0 Å². The maximum atomic E-state index is 12.5. The number of hydrogen-bond donors (Lipinski definition) is 2. The Kier molecular flexibility index (Phi) is 11.6. The van der Waals surface area contributed by atoms with E-state index in [-0.39, 0.29) is 5.91 Å². The number of hydrogen-bond acceptors (Lipinski definition) is 2. The van der Waals surface area contributed by atoms with E-state index in [1.807, 2.05) is 0 Å². The molecule has 3 nitrogen and oxygen atoms in total. The summed E-state index contributed by atoms with van der Waals surface area (Å²) >= 11 is 0. The quantitative estimate of drug-likeness (QED) is 0.485. The molecule has 0 fully saturated rings. The van der Waals surface area contributed by atoms with Crippen molar-refractivity contribution in [3.8, 4) is 0 Å². The second kappa shape index (κ2) is 11.9. The summed E-state index contributed by atoms with van der Waals surface area (Å²) in [6.45, 7) is 11.0. The highest BCUT2D eigenvalue weighted by molar-refractivity contribution is 5.85. The molecule has 2 atom stereocenters. The van der Waals surface area contributed by atoms with Gasteiger partial charge in [0.05, 0.1) is 0 Å². The predicted molar refractivity (Wildman–Crippen MR) is 96.9 cm³/mol. The summed E-state index contributed by atoms with van der Waals surface area (Å²) in [6, 6.07) is 0.329. The molecule has 0 rings (SSSR count). The maximum absolute atomic E-state index is 12.5. The van der Waals surface area contributed by atoms with Crippen molar-refractivity contribution in [1.82, 2.24) is 5.32 Å². The van der Waals surface area contributed by atoms with Gasteiger partial charge in [0, 0.05) is 6.04 Å². The van der Waals surface area contributed by atoms with Gasteiger partial charge in [-0.2, -0.15) is 0 Å². The molecule has 0 aliphatic carbocycles. The van der Waals surface area contributed by atoms with Gasteiger partial charge in [-0.3, -0.25) is 4.79 Å². The first kappa shape index (κ1) is 21.4. The first-order chi connectivity index (χ1) is 10.5. The van der Waals surface area contributed by atoms with Gasteiger partial charge < -0.3 is 11.1 Å². The van der Waals surface area contributed by atoms with E-state index in [0.717, 1.165) is 38.5 Å². The average molecular weight is 313 g/mol. The first-order valence-electron chi connectivity index (χ1n) is 9.55. The number of nitrogens with two attached hydrogens (primary N) is 1. The van der Waals surface area contributed by atoms with E-state index in [4.69, 9.17) is 5.73 Å². The average Bonchev–Trinajstić information content (AvgIpc) is 2.51. The SMILES string of the molecule is CCCCC(CCCC)C(CCCC)(NC(C)CC)C(N)=O. The first-order valence-corrected chi connectivity index (χ1v) is 9.55. The van der Waals surface area contributed by atoms with Crippen LogP contribution in [0.4, 0.5) is 0 Å². The van der Waals surface area contributed by atoms with E-state index in [9.17, 15) is 4.79 Å². The minimum Gasteiger partial charge on any atom is -0.368 e. The van der Waals surface area contributed by atoms with Crippen LogP contribution in [0.25, 0.3) is 0 Å². The summed E-state index contributed by atoms with van der Waals surface area (Å²) in [5.41, 5.74) is 5.44. The lowest BCUT2D eigenvalue weighted by Crippen LogP contribution is -2.62. The van der Waals surface area contributed by atoms with E-state index in [1.54, 1.807) is 0 Å². The molecule has 3 N–H and O–H groups in total. The van der Waals surface area contributed by atoms with Crippen molar-refractivity contribution >= 4 is 5.91 Å². The molecule has 0 aliphatic heterocycles. The van der Waals surface area contributed by atoms with E-state index < -0.39 is 5.54 Å². The second-order valence-corrected chi connectivity index (χ2v) is 6.87. The summed E-state index contributed by atoms with van der Waals surface area (Å²) in [7, 11) is 0. The normalized spacial score (nSPS) is 15.7. The van der Waals surface area contributed by atoms with Gasteiger partial charge in [0.1, 0.15) is 5.54 Å². The third-order valence-corrected chi connectivity index (χ3v) is 4.99. The molecule has 0 aromatic carbocycles. The Morgan fingerprint density at radius 3 is 1.86 bits per heavy atom. The van der Waals surface area contributed by atoms with Crippen LogP contribution >= 0.6 is 0 Å². The van der Waals surface area contributed by atoms with Gasteiger partial charge in [0.25, 0.3) is 0 Å². The largest absolute Gasteiger partial charge is 0.368 e. The molecule has 0 heterocycles. The van der Waals surface area contributed by atoms with Gasteiger partial charge in [-0.05, 0) is 38.5 Å². The van der Waals surface area contributed by atoms with Crippen molar-refractivity contribution in [2.45, 2.75) is 110 Å². The number of unbranched alkanes of at least 4 members (excludes halogenated alkanes) is 3. The topological polar surface area (TPSA) is 55.1 Å². The van der Waals surface area contributed by atoms with Crippen LogP contribution in [0.5, 0.6) is 0 Å². The van der Waals surface area contributed by atoms with Crippen LogP contribution in [0.15, 0.2) is 0 Å². The van der Waals surface area contributed by atoms with Gasteiger partial charge in [0.15, 0.2) is 0 Å². The van der Waals surface area contributed by atoms with Crippen LogP contribution in [0.1, 0.15) is 98.8 Å². The number of amides is 1. The zero-order chi connectivity index (χ0) is 17.0. The summed E-state index contributed by atoms with van der Waals surface area (Å²) in [5.74, 6) is 0.226. The molecule has 0 aromatic rings. The van der Waals surface area contributed by atoms with E-state index in [2.05, 4.69) is 39.9 Å². The minimum atomic E-state index is -0.518. The molecule has 0 aromatic heterocycles. The zero-order valence-electron chi connectivity index (χ0n) is 15.7. The molecule has 1 amide bonds. The predicted octanol–water partition coefficient (Wildman–Crippen LogP) is 4.79. The van der Waals surface area contributed by atoms with Crippen molar-refractivity contribution in [3.63, 3.8) is 0 Å². The van der Waals surface area contributed by atoms with E-state index in [1.165, 1.54) is 25.7 Å². The third kappa shape index (κ3) is 6.68. The van der Waals surface area contributed by atoms with E-state index in [0.29, 0.717) is 12.0 Å². The molecule has 0 spiro atoms. The molecule has 0 aliphatic rings. The highest BCUT2D eigenvalue weighted by Gasteiger charge is 2.43. The van der Waals surface area contributed by atoms with Gasteiger partial charge in [-0.15, -0.1) is 0 Å². The van der Waals surface area contributed by atoms with E-state index >= 15 is 0 Å². The molecule has 0 saturated carbocycles. The van der Waals surface area contributed by atoms with Crippen LogP contribution in [0.3, 0.4) is 0 Å². The molecular formula is C19H40N2O. The molecule has 0 saturated heterocycles. The molecule has 3 heteroatoms. The van der Waals surface area contributed by atoms with Gasteiger partial charge >= 0.3 is 0 Å². The molecule has 0 bridgehead atoms. The molecule has 2 unspecified atom stereocenters. The maximum Gasteiger partial charge on any atom is 0.238 e. The number of primary amides is 1. The van der Waals surface area contributed by atoms with Crippen molar-refractivity contribution in [2.75, 3.05) is 0 Å². The lowest BCUT2D eigenvalue weighted by Gasteiger charge is -2.41. The molecule has 0 radical (unpaired) electrons. The number of nitrogens with one attached hydrogen (secondary N) is 1. The Morgan fingerprint density at radius 2 is 1.50 bits per heavy atom. The number of rotatable bonds is 14. The zero-order valence-corrected chi connectivity index (χ0v) is 15.7. The lowest BCUT2D eigenvalue weighted by atomic mass is 9.73. The summed E-state index contributed by atoms with van der Waals surface area (Å²) in [4.78, 5) is 12.5. The molecule has 22 heavy (non-hydrogen) atoms. The Balaban J connectivity index is 5.41.